The Bertz CT molecular complexity index is 1280. The highest BCUT2D eigenvalue weighted by Gasteiger charge is 2.20. The number of amides is 1. The summed E-state index contributed by atoms with van der Waals surface area (Å²) in [6.45, 7) is 1.25. The van der Waals surface area contributed by atoms with E-state index in [1.54, 1.807) is 30.3 Å². The first-order valence-corrected chi connectivity index (χ1v) is 9.50. The van der Waals surface area contributed by atoms with E-state index in [9.17, 15) is 19.2 Å². The Morgan fingerprint density at radius 2 is 1.87 bits per heavy atom. The zero-order chi connectivity index (χ0) is 22.0. The number of fused-ring (bicyclic) bond motifs is 2. The van der Waals surface area contributed by atoms with Gasteiger partial charge in [0.05, 0.1) is 10.8 Å². The minimum absolute atomic E-state index is 0.156. The molecule has 3 aromatic rings. The van der Waals surface area contributed by atoms with E-state index in [4.69, 9.17) is 14.2 Å². The summed E-state index contributed by atoms with van der Waals surface area (Å²) in [4.78, 5) is 49.0. The number of rotatable bonds is 6. The molecule has 0 fully saturated rings. The molecular weight excluding hydrogens is 406 g/mol. The van der Waals surface area contributed by atoms with Gasteiger partial charge in [0.2, 0.25) is 6.79 Å². The Morgan fingerprint density at radius 3 is 2.68 bits per heavy atom. The second-order valence-electron chi connectivity index (χ2n) is 6.92. The van der Waals surface area contributed by atoms with Crippen molar-refractivity contribution in [1.29, 1.82) is 0 Å². The lowest BCUT2D eigenvalue weighted by Crippen LogP contribution is -2.38. The van der Waals surface area contributed by atoms with Gasteiger partial charge in [0.25, 0.3) is 17.0 Å². The molecule has 4 rings (SSSR count). The van der Waals surface area contributed by atoms with Gasteiger partial charge in [-0.25, -0.2) is 4.68 Å². The summed E-state index contributed by atoms with van der Waals surface area (Å²) in [6, 6.07) is 11.6. The maximum absolute atomic E-state index is 12.5. The van der Waals surface area contributed by atoms with Gasteiger partial charge in [-0.2, -0.15) is 0 Å². The number of aromatic amines is 1. The Balaban J connectivity index is 1.35. The third-order valence-corrected chi connectivity index (χ3v) is 4.75. The predicted octanol–water partition coefficient (Wildman–Crippen LogP) is 0.667. The molecule has 0 spiro atoms. The average molecular weight is 425 g/mol. The van der Waals surface area contributed by atoms with Crippen LogP contribution in [0.25, 0.3) is 10.8 Å². The molecule has 1 aliphatic heterocycles. The van der Waals surface area contributed by atoms with Crippen molar-refractivity contribution >= 4 is 22.6 Å². The van der Waals surface area contributed by atoms with E-state index >= 15 is 0 Å². The van der Waals surface area contributed by atoms with Crippen molar-refractivity contribution in [2.24, 2.45) is 0 Å². The smallest absolute Gasteiger partial charge is 0.328 e. The number of ether oxygens (including phenoxy) is 3. The standard InChI is InChI=1S/C21H19N3O7/c1-12(19(26)22-9-13-6-7-16-17(8-13)30-11-29-16)31-18(25)10-24-21(28)15-5-3-2-4-14(15)20(27)23-24/h2-8,12H,9-11H2,1H3,(H,22,26)(H,23,27). The van der Waals surface area contributed by atoms with E-state index in [2.05, 4.69) is 10.4 Å². The maximum atomic E-state index is 12.5. The van der Waals surface area contributed by atoms with Gasteiger partial charge in [-0.1, -0.05) is 18.2 Å². The van der Waals surface area contributed by atoms with Crippen LogP contribution in [0.15, 0.2) is 52.1 Å². The van der Waals surface area contributed by atoms with Gasteiger partial charge in [0.15, 0.2) is 17.6 Å². The highest BCUT2D eigenvalue weighted by molar-refractivity contribution is 5.83. The summed E-state index contributed by atoms with van der Waals surface area (Å²) in [7, 11) is 0. The maximum Gasteiger partial charge on any atom is 0.328 e. The Kier molecular flexibility index (Phi) is 5.44. The zero-order valence-electron chi connectivity index (χ0n) is 16.5. The van der Waals surface area contributed by atoms with Crippen molar-refractivity contribution in [2.45, 2.75) is 26.1 Å². The van der Waals surface area contributed by atoms with Gasteiger partial charge in [0.1, 0.15) is 6.54 Å². The number of aromatic nitrogens is 2. The molecule has 1 unspecified atom stereocenters. The third-order valence-electron chi connectivity index (χ3n) is 4.75. The fraction of sp³-hybridized carbons (Fsp3) is 0.238. The predicted molar refractivity (Wildman–Crippen MR) is 109 cm³/mol. The molecule has 0 saturated carbocycles. The summed E-state index contributed by atoms with van der Waals surface area (Å²) < 4.78 is 16.5. The molecule has 0 saturated heterocycles. The van der Waals surface area contributed by atoms with Crippen LogP contribution in [0, 0.1) is 0 Å². The number of carbonyl (C=O) groups excluding carboxylic acids is 2. The van der Waals surface area contributed by atoms with E-state index in [1.807, 2.05) is 0 Å². The number of carbonyl (C=O) groups is 2. The van der Waals surface area contributed by atoms with Gasteiger partial charge in [-0.05, 0) is 36.8 Å². The highest BCUT2D eigenvalue weighted by atomic mass is 16.7. The normalized spacial score (nSPS) is 13.1. The minimum Gasteiger partial charge on any atom is -0.454 e. The first-order valence-electron chi connectivity index (χ1n) is 9.50. The molecule has 31 heavy (non-hydrogen) atoms. The van der Waals surface area contributed by atoms with Crippen LogP contribution in [0.3, 0.4) is 0 Å². The Hall–Kier alpha value is -4.08. The summed E-state index contributed by atoms with van der Waals surface area (Å²) in [5, 5.41) is 5.43. The van der Waals surface area contributed by atoms with E-state index in [0.29, 0.717) is 11.5 Å². The van der Waals surface area contributed by atoms with Crippen LogP contribution >= 0.6 is 0 Å². The lowest BCUT2D eigenvalue weighted by molar-refractivity contribution is -0.155. The topological polar surface area (TPSA) is 129 Å². The summed E-state index contributed by atoms with van der Waals surface area (Å²) in [6.07, 6.45) is -1.09. The second-order valence-corrected chi connectivity index (χ2v) is 6.92. The van der Waals surface area contributed by atoms with Crippen LogP contribution in [0.4, 0.5) is 0 Å². The number of benzene rings is 2. The summed E-state index contributed by atoms with van der Waals surface area (Å²) >= 11 is 0. The lowest BCUT2D eigenvalue weighted by atomic mass is 10.2. The molecule has 2 N–H and O–H groups in total. The van der Waals surface area contributed by atoms with E-state index < -0.39 is 35.6 Å². The number of hydrogen-bond donors (Lipinski definition) is 2. The monoisotopic (exact) mass is 425 g/mol. The molecule has 2 heterocycles. The molecule has 2 aromatic carbocycles. The molecule has 10 heteroatoms. The molecule has 1 aromatic heterocycles. The lowest BCUT2D eigenvalue weighted by Gasteiger charge is -2.14. The second kappa shape index (κ2) is 8.34. The first kappa shape index (κ1) is 20.2. The molecule has 1 amide bonds. The highest BCUT2D eigenvalue weighted by Crippen LogP contribution is 2.32. The van der Waals surface area contributed by atoms with Crippen LogP contribution in [0.1, 0.15) is 12.5 Å². The van der Waals surface area contributed by atoms with Crippen molar-refractivity contribution in [2.75, 3.05) is 6.79 Å². The van der Waals surface area contributed by atoms with Crippen LogP contribution in [-0.2, 0) is 27.4 Å². The van der Waals surface area contributed by atoms with Crippen molar-refractivity contribution < 1.29 is 23.8 Å². The molecule has 0 aliphatic carbocycles. The van der Waals surface area contributed by atoms with E-state index in [-0.39, 0.29) is 24.1 Å². The Labute approximate surface area is 175 Å². The van der Waals surface area contributed by atoms with E-state index in [0.717, 1.165) is 10.2 Å². The third kappa shape index (κ3) is 4.27. The van der Waals surface area contributed by atoms with Gasteiger partial charge in [-0.3, -0.25) is 24.3 Å². The van der Waals surface area contributed by atoms with Crippen LogP contribution in [0.2, 0.25) is 0 Å². The van der Waals surface area contributed by atoms with Gasteiger partial charge >= 0.3 is 5.97 Å². The number of esters is 1. The number of nitrogens with zero attached hydrogens (tertiary/aromatic N) is 1. The molecule has 10 nitrogen and oxygen atoms in total. The van der Waals surface area contributed by atoms with Gasteiger partial charge in [-0.15, -0.1) is 0 Å². The molecular formula is C21H19N3O7. The van der Waals surface area contributed by atoms with Crippen LogP contribution in [-0.4, -0.2) is 34.6 Å². The molecule has 0 radical (unpaired) electrons. The zero-order valence-corrected chi connectivity index (χ0v) is 16.5. The Morgan fingerprint density at radius 1 is 1.13 bits per heavy atom. The molecule has 1 atom stereocenters. The number of hydrogen-bond acceptors (Lipinski definition) is 7. The fourth-order valence-electron chi connectivity index (χ4n) is 3.16. The van der Waals surface area contributed by atoms with Crippen LogP contribution < -0.4 is 25.9 Å². The minimum atomic E-state index is -1.09. The number of H-pyrrole nitrogens is 1. The first-order chi connectivity index (χ1) is 14.9. The summed E-state index contributed by atoms with van der Waals surface area (Å²) in [5.74, 6) is -0.107. The summed E-state index contributed by atoms with van der Waals surface area (Å²) in [5.41, 5.74) is -0.249. The van der Waals surface area contributed by atoms with Crippen molar-refractivity contribution in [3.05, 3.63) is 68.7 Å². The molecule has 160 valence electrons. The van der Waals surface area contributed by atoms with Crippen molar-refractivity contribution in [3.63, 3.8) is 0 Å². The average Bonchev–Trinajstić information content (AvgIpc) is 3.23. The largest absolute Gasteiger partial charge is 0.454 e. The van der Waals surface area contributed by atoms with Gasteiger partial charge in [0, 0.05) is 6.54 Å². The molecule has 1 aliphatic rings. The van der Waals surface area contributed by atoms with Gasteiger partial charge < -0.3 is 19.5 Å². The van der Waals surface area contributed by atoms with E-state index in [1.165, 1.54) is 19.1 Å². The van der Waals surface area contributed by atoms with Crippen molar-refractivity contribution in [1.82, 2.24) is 15.1 Å². The quantitative estimate of drug-likeness (QED) is 0.555. The molecule has 0 bridgehead atoms. The fourth-order valence-corrected chi connectivity index (χ4v) is 3.16. The number of nitrogens with one attached hydrogen (secondary N) is 2. The SMILES string of the molecule is CC(OC(=O)Cn1[nH]c(=O)c2ccccc2c1=O)C(=O)NCc1ccc2c(c1)OCO2. The van der Waals surface area contributed by atoms with Crippen molar-refractivity contribution in [3.8, 4) is 11.5 Å². The van der Waals surface area contributed by atoms with Crippen LogP contribution in [0.5, 0.6) is 11.5 Å².